The molecule has 0 saturated heterocycles. The van der Waals surface area contributed by atoms with E-state index in [2.05, 4.69) is 48.2 Å². The van der Waals surface area contributed by atoms with Crippen LogP contribution in [0.1, 0.15) is 32.2 Å². The van der Waals surface area contributed by atoms with E-state index in [-0.39, 0.29) is 0 Å². The van der Waals surface area contributed by atoms with E-state index >= 15 is 0 Å². The van der Waals surface area contributed by atoms with E-state index in [1.165, 1.54) is 28.0 Å². The molecule has 0 saturated carbocycles. The summed E-state index contributed by atoms with van der Waals surface area (Å²) in [6.07, 6.45) is 1.59. The molecule has 0 aliphatic carbocycles. The molecule has 5 heteroatoms. The fourth-order valence-electron chi connectivity index (χ4n) is 2.85. The third-order valence-electron chi connectivity index (χ3n) is 4.37. The van der Waals surface area contributed by atoms with E-state index in [1.807, 2.05) is 24.3 Å². The molecule has 4 rings (SSSR count). The summed E-state index contributed by atoms with van der Waals surface area (Å²) >= 11 is 1.53. The molecule has 2 aromatic heterocycles. The summed E-state index contributed by atoms with van der Waals surface area (Å²) in [4.78, 5) is 17.1. The molecule has 2 heterocycles. The Morgan fingerprint density at radius 2 is 1.88 bits per heavy atom. The number of aldehydes is 1. The lowest BCUT2D eigenvalue weighted by atomic mass is 10.0. The molecule has 124 valence electrons. The van der Waals surface area contributed by atoms with Gasteiger partial charge in [0, 0.05) is 12.0 Å². The molecule has 4 aromatic rings. The molecular weight excluding hydrogens is 330 g/mol. The molecule has 0 bridgehead atoms. The SMILES string of the molecule is Cc1ccc(-c2nc3sc(Cc4ccccc4)nn3c2C=O)cc1C. The number of imidazole rings is 1. The Balaban J connectivity index is 1.76. The average molecular weight is 347 g/mol. The van der Waals surface area contributed by atoms with Crippen LogP contribution in [0.2, 0.25) is 0 Å². The van der Waals surface area contributed by atoms with Crippen LogP contribution in [0.25, 0.3) is 16.2 Å². The van der Waals surface area contributed by atoms with Crippen molar-refractivity contribution in [3.05, 3.63) is 75.9 Å². The van der Waals surface area contributed by atoms with E-state index in [0.29, 0.717) is 11.4 Å². The summed E-state index contributed by atoms with van der Waals surface area (Å²) < 4.78 is 1.67. The van der Waals surface area contributed by atoms with Gasteiger partial charge in [0.25, 0.3) is 0 Å². The van der Waals surface area contributed by atoms with Gasteiger partial charge in [0.2, 0.25) is 4.96 Å². The second-order valence-corrected chi connectivity index (χ2v) is 7.16. The Labute approximate surface area is 149 Å². The van der Waals surface area contributed by atoms with Crippen LogP contribution in [0.5, 0.6) is 0 Å². The van der Waals surface area contributed by atoms with Gasteiger partial charge in [-0.25, -0.2) is 4.98 Å². The predicted molar refractivity (Wildman–Crippen MR) is 100 cm³/mol. The fourth-order valence-corrected chi connectivity index (χ4v) is 3.79. The van der Waals surface area contributed by atoms with Gasteiger partial charge in [-0.15, -0.1) is 0 Å². The molecule has 0 spiro atoms. The molecule has 0 radical (unpaired) electrons. The summed E-state index contributed by atoms with van der Waals surface area (Å²) in [5.41, 5.74) is 5.76. The zero-order valence-electron chi connectivity index (χ0n) is 14.1. The zero-order chi connectivity index (χ0) is 17.4. The number of fused-ring (bicyclic) bond motifs is 1. The van der Waals surface area contributed by atoms with Crippen LogP contribution in [0.3, 0.4) is 0 Å². The minimum Gasteiger partial charge on any atom is -0.296 e. The van der Waals surface area contributed by atoms with Gasteiger partial charge in [0.15, 0.2) is 6.29 Å². The average Bonchev–Trinajstić information content (AvgIpc) is 3.15. The maximum atomic E-state index is 11.7. The van der Waals surface area contributed by atoms with Gasteiger partial charge in [0.05, 0.1) is 0 Å². The van der Waals surface area contributed by atoms with Crippen molar-refractivity contribution in [2.75, 3.05) is 0 Å². The first-order valence-corrected chi connectivity index (χ1v) is 8.92. The van der Waals surface area contributed by atoms with Crippen molar-refractivity contribution in [2.45, 2.75) is 20.3 Å². The Bertz CT molecular complexity index is 1060. The number of hydrogen-bond acceptors (Lipinski definition) is 4. The van der Waals surface area contributed by atoms with Crippen LogP contribution >= 0.6 is 11.3 Å². The van der Waals surface area contributed by atoms with Crippen LogP contribution < -0.4 is 0 Å². The molecular formula is C20H17N3OS. The normalized spacial score (nSPS) is 11.1. The van der Waals surface area contributed by atoms with Crippen LogP contribution in [0, 0.1) is 13.8 Å². The summed E-state index contributed by atoms with van der Waals surface area (Å²) in [6, 6.07) is 16.3. The van der Waals surface area contributed by atoms with Gasteiger partial charge in [-0.2, -0.15) is 9.61 Å². The third kappa shape index (κ3) is 2.87. The highest BCUT2D eigenvalue weighted by Crippen LogP contribution is 2.28. The molecule has 0 aliphatic heterocycles. The van der Waals surface area contributed by atoms with Gasteiger partial charge < -0.3 is 0 Å². The molecule has 0 atom stereocenters. The first kappa shape index (κ1) is 15.7. The lowest BCUT2D eigenvalue weighted by Gasteiger charge is -2.03. The number of aromatic nitrogens is 3. The highest BCUT2D eigenvalue weighted by molar-refractivity contribution is 7.16. The number of nitrogens with zero attached hydrogens (tertiary/aromatic N) is 3. The largest absolute Gasteiger partial charge is 0.296 e. The van der Waals surface area contributed by atoms with Crippen LogP contribution in [0.4, 0.5) is 0 Å². The van der Waals surface area contributed by atoms with Crippen LogP contribution in [-0.2, 0) is 6.42 Å². The lowest BCUT2D eigenvalue weighted by Crippen LogP contribution is -1.96. The summed E-state index contributed by atoms with van der Waals surface area (Å²) in [6.45, 7) is 4.14. The van der Waals surface area contributed by atoms with Gasteiger partial charge >= 0.3 is 0 Å². The molecule has 0 N–H and O–H groups in total. The highest BCUT2D eigenvalue weighted by atomic mass is 32.1. The predicted octanol–water partition coefficient (Wildman–Crippen LogP) is 4.48. The minimum atomic E-state index is 0.508. The number of hydrogen-bond donors (Lipinski definition) is 0. The Morgan fingerprint density at radius 3 is 2.60 bits per heavy atom. The first-order valence-electron chi connectivity index (χ1n) is 8.11. The molecule has 0 fully saturated rings. The third-order valence-corrected chi connectivity index (χ3v) is 5.28. The Morgan fingerprint density at radius 1 is 1.08 bits per heavy atom. The van der Waals surface area contributed by atoms with Crippen molar-refractivity contribution in [3.8, 4) is 11.3 Å². The highest BCUT2D eigenvalue weighted by Gasteiger charge is 2.18. The maximum absolute atomic E-state index is 11.7. The number of aryl methyl sites for hydroxylation is 2. The Hall–Kier alpha value is -2.79. The van der Waals surface area contributed by atoms with Gasteiger partial charge in [-0.05, 0) is 36.6 Å². The van der Waals surface area contributed by atoms with Gasteiger partial charge in [-0.1, -0.05) is 53.8 Å². The molecule has 4 nitrogen and oxygen atoms in total. The van der Waals surface area contributed by atoms with E-state index in [4.69, 9.17) is 0 Å². The second kappa shape index (κ2) is 6.26. The fraction of sp³-hybridized carbons (Fsp3) is 0.150. The molecule has 25 heavy (non-hydrogen) atoms. The first-order chi connectivity index (χ1) is 12.2. The minimum absolute atomic E-state index is 0.508. The summed E-state index contributed by atoms with van der Waals surface area (Å²) in [7, 11) is 0. The Kier molecular flexibility index (Phi) is 3.93. The number of benzene rings is 2. The molecule has 0 unspecified atom stereocenters. The van der Waals surface area contributed by atoms with Crippen LogP contribution in [0.15, 0.2) is 48.5 Å². The van der Waals surface area contributed by atoms with Crippen molar-refractivity contribution in [1.82, 2.24) is 14.6 Å². The quantitative estimate of drug-likeness (QED) is 0.511. The number of rotatable bonds is 4. The van der Waals surface area contributed by atoms with Crippen molar-refractivity contribution >= 4 is 22.6 Å². The van der Waals surface area contributed by atoms with E-state index in [0.717, 1.165) is 28.2 Å². The van der Waals surface area contributed by atoms with Crippen molar-refractivity contribution < 1.29 is 4.79 Å². The smallest absolute Gasteiger partial charge is 0.213 e. The van der Waals surface area contributed by atoms with Gasteiger partial charge in [0.1, 0.15) is 16.4 Å². The van der Waals surface area contributed by atoms with E-state index in [1.54, 1.807) is 4.52 Å². The summed E-state index contributed by atoms with van der Waals surface area (Å²) in [5, 5.41) is 5.55. The van der Waals surface area contributed by atoms with Crippen molar-refractivity contribution in [1.29, 1.82) is 0 Å². The summed E-state index contributed by atoms with van der Waals surface area (Å²) in [5.74, 6) is 0. The van der Waals surface area contributed by atoms with E-state index in [9.17, 15) is 4.79 Å². The number of carbonyl (C=O) groups excluding carboxylic acids is 1. The number of carbonyl (C=O) groups is 1. The lowest BCUT2D eigenvalue weighted by molar-refractivity contribution is 0.111. The topological polar surface area (TPSA) is 47.3 Å². The van der Waals surface area contributed by atoms with E-state index < -0.39 is 0 Å². The molecule has 0 amide bonds. The second-order valence-electron chi connectivity index (χ2n) is 6.12. The monoisotopic (exact) mass is 347 g/mol. The van der Waals surface area contributed by atoms with Gasteiger partial charge in [-0.3, -0.25) is 4.79 Å². The zero-order valence-corrected chi connectivity index (χ0v) is 14.9. The maximum Gasteiger partial charge on any atom is 0.213 e. The standard InChI is InChI=1S/C20H17N3OS/c1-13-8-9-16(10-14(13)2)19-17(12-24)23-20(21-19)25-18(22-23)11-15-6-4-3-5-7-15/h3-10,12H,11H2,1-2H3. The van der Waals surface area contributed by atoms with Crippen LogP contribution in [-0.4, -0.2) is 20.9 Å². The van der Waals surface area contributed by atoms with Crippen molar-refractivity contribution in [2.24, 2.45) is 0 Å². The molecule has 2 aromatic carbocycles. The molecule has 0 aliphatic rings. The van der Waals surface area contributed by atoms with Crippen molar-refractivity contribution in [3.63, 3.8) is 0 Å².